The van der Waals surface area contributed by atoms with E-state index in [4.69, 9.17) is 14.2 Å². The first-order valence-corrected chi connectivity index (χ1v) is 13.8. The molecule has 0 unspecified atom stereocenters. The van der Waals surface area contributed by atoms with Crippen LogP contribution in [0.3, 0.4) is 0 Å². The molecule has 0 fully saturated rings. The second-order valence-corrected chi connectivity index (χ2v) is 9.50. The molecule has 2 aromatic carbocycles. The number of ether oxygens (including phenoxy) is 6. The molecular weight excluding hydrogens is 625 g/mol. The van der Waals surface area contributed by atoms with Crippen molar-refractivity contribution in [2.45, 2.75) is 25.7 Å². The first kappa shape index (κ1) is 34.1. The van der Waals surface area contributed by atoms with Gasteiger partial charge in [0.25, 0.3) is 0 Å². The van der Waals surface area contributed by atoms with Gasteiger partial charge in [0.15, 0.2) is 11.6 Å². The van der Waals surface area contributed by atoms with Gasteiger partial charge in [-0.3, -0.25) is 4.98 Å². The minimum atomic E-state index is -5.20. The lowest BCUT2D eigenvalue weighted by molar-refractivity contribution is -0.276. The number of unbranched alkanes of at least 4 members (excludes halogenated alkanes) is 1. The lowest BCUT2D eigenvalue weighted by Crippen LogP contribution is -2.20. The number of methoxy groups -OCH3 is 1. The number of esters is 1. The second kappa shape index (κ2) is 15.9. The number of benzene rings is 2. The number of nitrogens with zero attached hydrogens (tertiary/aromatic N) is 2. The van der Waals surface area contributed by atoms with Gasteiger partial charge in [-0.25, -0.2) is 23.4 Å². The van der Waals surface area contributed by atoms with E-state index >= 15 is 0 Å². The van der Waals surface area contributed by atoms with Gasteiger partial charge in [-0.05, 0) is 55.3 Å². The zero-order valence-electron chi connectivity index (χ0n) is 24.3. The number of carbonyl (C=O) groups excluding carboxylic acids is 2. The summed E-state index contributed by atoms with van der Waals surface area (Å²) in [6.07, 6.45) is -1.62. The lowest BCUT2D eigenvalue weighted by atomic mass is 10.1. The highest BCUT2D eigenvalue weighted by Gasteiger charge is 2.34. The van der Waals surface area contributed by atoms with Crippen LogP contribution >= 0.6 is 0 Å². The number of hydrogen-bond acceptors (Lipinski definition) is 11. The number of aromatic nitrogens is 2. The van der Waals surface area contributed by atoms with E-state index in [0.29, 0.717) is 42.8 Å². The third-order valence-corrected chi connectivity index (χ3v) is 6.29. The molecule has 0 aliphatic heterocycles. The highest BCUT2D eigenvalue weighted by molar-refractivity contribution is 6.08. The summed E-state index contributed by atoms with van der Waals surface area (Å²) in [6.45, 7) is 0.720. The van der Waals surface area contributed by atoms with E-state index < -0.39 is 42.7 Å². The van der Waals surface area contributed by atoms with Crippen molar-refractivity contribution in [2.24, 2.45) is 0 Å². The van der Waals surface area contributed by atoms with Crippen LogP contribution in [0.15, 0.2) is 48.8 Å². The number of hydrogen-bond donors (Lipinski definition) is 1. The minimum Gasteiger partial charge on any atom is -0.475 e. The maximum Gasteiger partial charge on any atom is 0.573 e. The number of carbonyl (C=O) groups is 2. The molecule has 1 N–H and O–H groups in total. The van der Waals surface area contributed by atoms with Gasteiger partial charge in [-0.15, -0.1) is 13.2 Å². The molecule has 0 aliphatic carbocycles. The van der Waals surface area contributed by atoms with Crippen molar-refractivity contribution in [1.82, 2.24) is 15.3 Å². The summed E-state index contributed by atoms with van der Waals surface area (Å²) in [7, 11) is 1.13. The molecule has 4 rings (SSSR count). The van der Waals surface area contributed by atoms with Gasteiger partial charge >= 0.3 is 18.5 Å². The first-order valence-electron chi connectivity index (χ1n) is 13.8. The van der Waals surface area contributed by atoms with Crippen molar-refractivity contribution in [3.05, 3.63) is 71.6 Å². The molecule has 0 saturated carbocycles. The molecule has 0 aliphatic rings. The number of alkyl halides is 3. The van der Waals surface area contributed by atoms with E-state index in [1.807, 2.05) is 0 Å². The largest absolute Gasteiger partial charge is 0.573 e. The monoisotopic (exact) mass is 653 g/mol. The van der Waals surface area contributed by atoms with Crippen molar-refractivity contribution in [2.75, 3.05) is 40.3 Å². The zero-order valence-corrected chi connectivity index (χ0v) is 24.3. The molecule has 0 atom stereocenters. The van der Waals surface area contributed by atoms with E-state index in [9.17, 15) is 31.5 Å². The van der Waals surface area contributed by atoms with Gasteiger partial charge in [-0.1, -0.05) is 6.07 Å². The summed E-state index contributed by atoms with van der Waals surface area (Å²) in [5.41, 5.74) is 0.751. The average molecular weight is 654 g/mol. The normalized spacial score (nSPS) is 11.4. The van der Waals surface area contributed by atoms with Gasteiger partial charge in [0.1, 0.15) is 6.61 Å². The van der Waals surface area contributed by atoms with Crippen LogP contribution in [-0.2, 0) is 25.5 Å². The van der Waals surface area contributed by atoms with E-state index in [-0.39, 0.29) is 30.9 Å². The standard InChI is InChI=1S/C30H28F5N3O8/c1-41-29(40)45-17-44-28(39)19-4-5-20-22-16-37-8-6-21(22)27(38-25(20)14-19)43-11-10-42-9-3-2-7-36-15-18-12-23(31)26(24(32)13-18)46-30(33,34)35/h4-6,8,12-14,16,36H,2-3,7,9-11,15,17H2,1H3. The van der Waals surface area contributed by atoms with Gasteiger partial charge in [-0.2, -0.15) is 0 Å². The Morgan fingerprint density at radius 3 is 2.43 bits per heavy atom. The summed E-state index contributed by atoms with van der Waals surface area (Å²) in [5.74, 6) is -4.80. The number of pyridine rings is 2. The Hall–Kier alpha value is -4.83. The second-order valence-electron chi connectivity index (χ2n) is 9.50. The van der Waals surface area contributed by atoms with E-state index in [1.165, 1.54) is 6.07 Å². The van der Waals surface area contributed by atoms with Crippen LogP contribution in [-0.4, -0.2) is 68.7 Å². The molecule has 2 aromatic heterocycles. The Morgan fingerprint density at radius 2 is 1.70 bits per heavy atom. The molecule has 0 saturated heterocycles. The van der Waals surface area contributed by atoms with Crippen LogP contribution in [0.1, 0.15) is 28.8 Å². The maximum absolute atomic E-state index is 13.8. The smallest absolute Gasteiger partial charge is 0.475 e. The Labute approximate surface area is 258 Å². The molecule has 2 heterocycles. The Bertz CT molecular complexity index is 1650. The maximum atomic E-state index is 13.8. The first-order chi connectivity index (χ1) is 22.1. The Morgan fingerprint density at radius 1 is 0.913 bits per heavy atom. The molecular formula is C30H28F5N3O8. The number of nitrogens with one attached hydrogen (secondary N) is 1. The Kier molecular flexibility index (Phi) is 11.8. The highest BCUT2D eigenvalue weighted by atomic mass is 19.4. The molecule has 16 heteroatoms. The molecule has 246 valence electrons. The van der Waals surface area contributed by atoms with Crippen LogP contribution in [0.4, 0.5) is 26.7 Å². The summed E-state index contributed by atoms with van der Waals surface area (Å²) in [6, 6.07) is 8.08. The minimum absolute atomic E-state index is 0.0452. The van der Waals surface area contributed by atoms with Crippen molar-refractivity contribution in [3.63, 3.8) is 0 Å². The molecule has 4 aromatic rings. The van der Waals surface area contributed by atoms with Gasteiger partial charge in [0.05, 0.1) is 24.8 Å². The summed E-state index contributed by atoms with van der Waals surface area (Å²) >= 11 is 0. The van der Waals surface area contributed by atoms with Crippen molar-refractivity contribution < 1.29 is 60.0 Å². The number of halogens is 5. The fourth-order valence-corrected chi connectivity index (χ4v) is 4.24. The van der Waals surface area contributed by atoms with Crippen LogP contribution in [0.2, 0.25) is 0 Å². The topological polar surface area (TPSA) is 127 Å². The fraction of sp³-hybridized carbons (Fsp3) is 0.333. The van der Waals surface area contributed by atoms with E-state index in [0.717, 1.165) is 30.0 Å². The lowest BCUT2D eigenvalue weighted by Gasteiger charge is -2.12. The van der Waals surface area contributed by atoms with Gasteiger partial charge in [0.2, 0.25) is 18.4 Å². The fourth-order valence-electron chi connectivity index (χ4n) is 4.24. The predicted octanol–water partition coefficient (Wildman–Crippen LogP) is 5.82. The molecule has 0 amide bonds. The number of fused-ring (bicyclic) bond motifs is 3. The highest BCUT2D eigenvalue weighted by Crippen LogP contribution is 2.31. The molecule has 0 radical (unpaired) electrons. The van der Waals surface area contributed by atoms with Crippen molar-refractivity contribution >= 4 is 33.8 Å². The van der Waals surface area contributed by atoms with Crippen LogP contribution < -0.4 is 14.8 Å². The van der Waals surface area contributed by atoms with Crippen LogP contribution in [0, 0.1) is 11.6 Å². The third kappa shape index (κ3) is 9.58. The van der Waals surface area contributed by atoms with Crippen molar-refractivity contribution in [1.29, 1.82) is 0 Å². The summed E-state index contributed by atoms with van der Waals surface area (Å²) in [5, 5.41) is 5.15. The molecule has 46 heavy (non-hydrogen) atoms. The van der Waals surface area contributed by atoms with E-state index in [1.54, 1.807) is 30.6 Å². The van der Waals surface area contributed by atoms with Crippen LogP contribution in [0.25, 0.3) is 21.7 Å². The SMILES string of the molecule is COC(=O)OCOC(=O)c1ccc2c(c1)nc(OCCOCCCCNCc1cc(F)c(OC(F)(F)F)c(F)c1)c1ccncc12. The van der Waals surface area contributed by atoms with Crippen molar-refractivity contribution in [3.8, 4) is 11.6 Å². The predicted molar refractivity (Wildman–Crippen MR) is 151 cm³/mol. The zero-order chi connectivity index (χ0) is 33.1. The quantitative estimate of drug-likeness (QED) is 0.0548. The number of rotatable bonds is 15. The Balaban J connectivity index is 1.21. The molecule has 0 spiro atoms. The van der Waals surface area contributed by atoms with Crippen LogP contribution in [0.5, 0.6) is 11.6 Å². The summed E-state index contributed by atoms with van der Waals surface area (Å²) in [4.78, 5) is 32.2. The third-order valence-electron chi connectivity index (χ3n) is 6.29. The van der Waals surface area contributed by atoms with E-state index in [2.05, 4.69) is 29.5 Å². The molecule has 11 nitrogen and oxygen atoms in total. The van der Waals surface area contributed by atoms with Gasteiger partial charge in [0, 0.05) is 41.7 Å². The van der Waals surface area contributed by atoms with Gasteiger partial charge < -0.3 is 33.7 Å². The summed E-state index contributed by atoms with van der Waals surface area (Å²) < 4.78 is 93.2. The average Bonchev–Trinajstić information content (AvgIpc) is 3.02. The molecule has 0 bridgehead atoms.